The van der Waals surface area contributed by atoms with Crippen LogP contribution >= 0.6 is 24.2 Å². The van der Waals surface area contributed by atoms with Crippen LogP contribution in [-0.4, -0.2) is 16.2 Å². The maximum Gasteiger partial charge on any atom is 0.244 e. The summed E-state index contributed by atoms with van der Waals surface area (Å²) in [5.74, 6) is -0.548. The quantitative estimate of drug-likeness (QED) is 0.436. The summed E-state index contributed by atoms with van der Waals surface area (Å²) in [5.41, 5.74) is 0. The molecular weight excluding hydrogens is 189 g/mol. The van der Waals surface area contributed by atoms with Crippen LogP contribution in [0, 0.1) is 0 Å². The number of carbonyl (C=O) groups is 2. The summed E-state index contributed by atoms with van der Waals surface area (Å²) in [6.45, 7) is 0. The molecule has 1 rings (SSSR count). The Morgan fingerprint density at radius 3 is 1.82 bits per heavy atom. The molecule has 0 aromatic carbocycles. The van der Waals surface area contributed by atoms with E-state index in [1.54, 1.807) is 0 Å². The Hall–Kier alpha value is -0.280. The molecule has 3 nitrogen and oxygen atoms in total. The SMILES string of the molecule is Cl.O=C1CCCCC(=O)N1Cl. The molecule has 1 saturated heterocycles. The number of carbonyl (C=O) groups excluding carboxylic acids is 2. The predicted octanol–water partition coefficient (Wildman–Crippen LogP) is 1.49. The largest absolute Gasteiger partial charge is 0.273 e. The van der Waals surface area contributed by atoms with Crippen molar-refractivity contribution in [3.63, 3.8) is 0 Å². The second-order valence-electron chi connectivity index (χ2n) is 2.28. The van der Waals surface area contributed by atoms with Crippen molar-refractivity contribution < 1.29 is 9.59 Å². The summed E-state index contributed by atoms with van der Waals surface area (Å²) >= 11 is 5.36. The first-order valence-corrected chi connectivity index (χ1v) is 3.57. The number of halogens is 2. The van der Waals surface area contributed by atoms with Crippen molar-refractivity contribution in [3.8, 4) is 0 Å². The summed E-state index contributed by atoms with van der Waals surface area (Å²) in [6, 6.07) is 0. The van der Waals surface area contributed by atoms with Gasteiger partial charge < -0.3 is 0 Å². The molecule has 1 heterocycles. The van der Waals surface area contributed by atoms with Gasteiger partial charge in [0.25, 0.3) is 0 Å². The average molecular weight is 198 g/mol. The lowest BCUT2D eigenvalue weighted by atomic mass is 10.2. The molecular formula is C6H9Cl2NO2. The lowest BCUT2D eigenvalue weighted by molar-refractivity contribution is -0.137. The van der Waals surface area contributed by atoms with E-state index in [1.165, 1.54) is 0 Å². The van der Waals surface area contributed by atoms with Crippen molar-refractivity contribution in [2.75, 3.05) is 0 Å². The average Bonchev–Trinajstić information content (AvgIpc) is 2.04. The summed E-state index contributed by atoms with van der Waals surface area (Å²) in [7, 11) is 0. The zero-order valence-corrected chi connectivity index (χ0v) is 7.45. The molecule has 0 aliphatic carbocycles. The highest BCUT2D eigenvalue weighted by Crippen LogP contribution is 2.13. The van der Waals surface area contributed by atoms with Gasteiger partial charge in [-0.15, -0.1) is 12.4 Å². The van der Waals surface area contributed by atoms with Crippen molar-refractivity contribution in [3.05, 3.63) is 0 Å². The van der Waals surface area contributed by atoms with Gasteiger partial charge in [-0.05, 0) is 12.8 Å². The molecule has 0 unspecified atom stereocenters. The van der Waals surface area contributed by atoms with Crippen LogP contribution in [0.4, 0.5) is 0 Å². The Bertz CT molecular complexity index is 154. The molecule has 5 heteroatoms. The van der Waals surface area contributed by atoms with Gasteiger partial charge in [0.1, 0.15) is 0 Å². The van der Waals surface area contributed by atoms with E-state index in [4.69, 9.17) is 11.8 Å². The van der Waals surface area contributed by atoms with Gasteiger partial charge in [0.2, 0.25) is 11.8 Å². The second-order valence-corrected chi connectivity index (χ2v) is 2.61. The van der Waals surface area contributed by atoms with Crippen LogP contribution in [-0.2, 0) is 9.59 Å². The van der Waals surface area contributed by atoms with Crippen LogP contribution in [0.3, 0.4) is 0 Å². The predicted molar refractivity (Wildman–Crippen MR) is 43.4 cm³/mol. The van der Waals surface area contributed by atoms with Crippen molar-refractivity contribution in [2.45, 2.75) is 25.7 Å². The van der Waals surface area contributed by atoms with E-state index in [2.05, 4.69) is 0 Å². The highest BCUT2D eigenvalue weighted by atomic mass is 35.5. The van der Waals surface area contributed by atoms with Crippen molar-refractivity contribution in [1.82, 2.24) is 4.42 Å². The standard InChI is InChI=1S/C6H8ClNO2.ClH/c7-8-5(9)3-1-2-4-6(8)10;/h1-4H2;1H. The van der Waals surface area contributed by atoms with E-state index in [0.29, 0.717) is 17.3 Å². The van der Waals surface area contributed by atoms with E-state index in [-0.39, 0.29) is 24.2 Å². The van der Waals surface area contributed by atoms with E-state index >= 15 is 0 Å². The van der Waals surface area contributed by atoms with E-state index in [0.717, 1.165) is 12.8 Å². The Kier molecular flexibility index (Phi) is 4.45. The molecule has 1 aliphatic rings. The first-order chi connectivity index (χ1) is 4.72. The smallest absolute Gasteiger partial charge is 0.244 e. The topological polar surface area (TPSA) is 37.4 Å². The minimum atomic E-state index is -0.274. The van der Waals surface area contributed by atoms with Gasteiger partial charge in [0.05, 0.1) is 0 Å². The van der Waals surface area contributed by atoms with E-state index < -0.39 is 0 Å². The van der Waals surface area contributed by atoms with Crippen LogP contribution in [0.5, 0.6) is 0 Å². The Morgan fingerprint density at radius 2 is 1.45 bits per heavy atom. The van der Waals surface area contributed by atoms with Crippen LogP contribution < -0.4 is 0 Å². The second kappa shape index (κ2) is 4.57. The summed E-state index contributed by atoms with van der Waals surface area (Å²) in [6.07, 6.45) is 2.34. The molecule has 1 aliphatic heterocycles. The molecule has 2 amide bonds. The van der Waals surface area contributed by atoms with E-state index in [9.17, 15) is 9.59 Å². The Balaban J connectivity index is 0.000001000. The van der Waals surface area contributed by atoms with Gasteiger partial charge in [-0.3, -0.25) is 9.59 Å². The molecule has 0 spiro atoms. The third-order valence-electron chi connectivity index (χ3n) is 1.47. The fraction of sp³-hybridized carbons (Fsp3) is 0.667. The lowest BCUT2D eigenvalue weighted by Gasteiger charge is -2.05. The molecule has 0 atom stereocenters. The summed E-state index contributed by atoms with van der Waals surface area (Å²) in [4.78, 5) is 21.6. The van der Waals surface area contributed by atoms with Gasteiger partial charge in [-0.25, -0.2) is 0 Å². The Morgan fingerprint density at radius 1 is 1.09 bits per heavy atom. The molecule has 0 N–H and O–H groups in total. The van der Waals surface area contributed by atoms with Gasteiger partial charge in [-0.2, -0.15) is 4.42 Å². The van der Waals surface area contributed by atoms with Gasteiger partial charge >= 0.3 is 0 Å². The fourth-order valence-corrected chi connectivity index (χ4v) is 1.06. The normalized spacial score (nSPS) is 19.2. The number of nitrogens with zero attached hydrogens (tertiary/aromatic N) is 1. The molecule has 0 aromatic rings. The molecule has 64 valence electrons. The van der Waals surface area contributed by atoms with Crippen LogP contribution in [0.15, 0.2) is 0 Å². The van der Waals surface area contributed by atoms with Gasteiger partial charge in [-0.1, -0.05) is 0 Å². The third kappa shape index (κ3) is 2.67. The lowest BCUT2D eigenvalue weighted by Crippen LogP contribution is -2.25. The highest BCUT2D eigenvalue weighted by molar-refractivity contribution is 6.30. The summed E-state index contributed by atoms with van der Waals surface area (Å²) < 4.78 is 0.701. The van der Waals surface area contributed by atoms with Crippen molar-refractivity contribution in [2.24, 2.45) is 0 Å². The van der Waals surface area contributed by atoms with Gasteiger partial charge in [0, 0.05) is 24.6 Å². The Labute approximate surface area is 76.2 Å². The zero-order chi connectivity index (χ0) is 7.56. The number of amides is 2. The molecule has 0 aromatic heterocycles. The molecule has 1 fully saturated rings. The number of imide groups is 1. The maximum atomic E-state index is 10.8. The van der Waals surface area contributed by atoms with E-state index in [1.807, 2.05) is 0 Å². The highest BCUT2D eigenvalue weighted by Gasteiger charge is 2.21. The zero-order valence-electron chi connectivity index (χ0n) is 5.88. The van der Waals surface area contributed by atoms with Crippen LogP contribution in [0.25, 0.3) is 0 Å². The summed E-state index contributed by atoms with van der Waals surface area (Å²) in [5, 5.41) is 0. The molecule has 11 heavy (non-hydrogen) atoms. The fourth-order valence-electron chi connectivity index (χ4n) is 0.888. The maximum absolute atomic E-state index is 10.8. The van der Waals surface area contributed by atoms with Crippen LogP contribution in [0.2, 0.25) is 0 Å². The first-order valence-electron chi connectivity index (χ1n) is 3.23. The molecule has 0 radical (unpaired) electrons. The number of hydrogen-bond acceptors (Lipinski definition) is 2. The monoisotopic (exact) mass is 197 g/mol. The molecule has 0 bridgehead atoms. The third-order valence-corrected chi connectivity index (χ3v) is 1.85. The minimum absolute atomic E-state index is 0. The first kappa shape index (κ1) is 10.7. The van der Waals surface area contributed by atoms with Crippen molar-refractivity contribution >= 4 is 36.0 Å². The molecule has 0 saturated carbocycles. The number of rotatable bonds is 0. The van der Waals surface area contributed by atoms with Gasteiger partial charge in [0.15, 0.2) is 0 Å². The van der Waals surface area contributed by atoms with Crippen LogP contribution in [0.1, 0.15) is 25.7 Å². The van der Waals surface area contributed by atoms with Crippen molar-refractivity contribution in [1.29, 1.82) is 0 Å². The number of hydrogen-bond donors (Lipinski definition) is 0. The minimum Gasteiger partial charge on any atom is -0.273 e.